The van der Waals surface area contributed by atoms with Gasteiger partial charge < -0.3 is 15.1 Å². The van der Waals surface area contributed by atoms with E-state index in [2.05, 4.69) is 4.98 Å². The molecule has 0 radical (unpaired) electrons. The predicted molar refractivity (Wildman–Crippen MR) is 116 cm³/mol. The summed E-state index contributed by atoms with van der Waals surface area (Å²) in [5, 5.41) is 20.5. The minimum atomic E-state index is -3.25. The van der Waals surface area contributed by atoms with Crippen LogP contribution in [0.3, 0.4) is 0 Å². The zero-order valence-electron chi connectivity index (χ0n) is 18.4. The van der Waals surface area contributed by atoms with Crippen molar-refractivity contribution in [1.82, 2.24) is 9.55 Å². The number of nitrogens with one attached hydrogen (secondary N) is 1. The van der Waals surface area contributed by atoms with Gasteiger partial charge in [-0.15, -0.1) is 0 Å². The third-order valence-corrected chi connectivity index (χ3v) is 7.66. The predicted octanol–water partition coefficient (Wildman–Crippen LogP) is 2.76. The number of fused-ring (bicyclic) bond motifs is 2. The zero-order valence-corrected chi connectivity index (χ0v) is 18.4. The van der Waals surface area contributed by atoms with Crippen LogP contribution in [0.25, 0.3) is 10.9 Å². The number of aromatic nitrogens is 2. The number of rotatable bonds is 3. The molecular weight excluding hydrogens is 439 g/mol. The summed E-state index contributed by atoms with van der Waals surface area (Å²) < 4.78 is 45.3. The van der Waals surface area contributed by atoms with E-state index in [4.69, 9.17) is 0 Å². The Balaban J connectivity index is 1.72. The molecule has 3 aliphatic rings. The molecule has 2 aliphatic carbocycles. The average molecular weight is 467 g/mol. The molecule has 4 unspecified atom stereocenters. The Morgan fingerprint density at radius 3 is 2.42 bits per heavy atom. The molecule has 2 heterocycles. The highest BCUT2D eigenvalue weighted by Gasteiger charge is 2.43. The molecule has 0 bridgehead atoms. The summed E-state index contributed by atoms with van der Waals surface area (Å²) >= 11 is 0. The topological polar surface area (TPSA) is 98.6 Å². The fourth-order valence-corrected chi connectivity index (χ4v) is 5.93. The van der Waals surface area contributed by atoms with Gasteiger partial charge in [0.05, 0.1) is 34.4 Å². The van der Waals surface area contributed by atoms with Crippen molar-refractivity contribution in [2.45, 2.75) is 70.1 Å². The van der Waals surface area contributed by atoms with Crippen LogP contribution in [0.1, 0.15) is 62.1 Å². The highest BCUT2D eigenvalue weighted by Crippen LogP contribution is 2.44. The Morgan fingerprint density at radius 1 is 1.06 bits per heavy atom. The lowest BCUT2D eigenvalue weighted by Crippen LogP contribution is -2.39. The summed E-state index contributed by atoms with van der Waals surface area (Å²) in [6.45, 7) is 2.10. The van der Waals surface area contributed by atoms with E-state index in [0.717, 1.165) is 19.3 Å². The number of anilines is 1. The Morgan fingerprint density at radius 2 is 1.76 bits per heavy atom. The van der Waals surface area contributed by atoms with Crippen molar-refractivity contribution in [1.29, 1.82) is 0 Å². The number of aliphatic hydroxyl groups excluding tert-OH is 2. The van der Waals surface area contributed by atoms with Gasteiger partial charge in [0.1, 0.15) is 0 Å². The summed E-state index contributed by atoms with van der Waals surface area (Å²) in [6, 6.07) is -0.218. The van der Waals surface area contributed by atoms with Crippen LogP contribution in [0, 0.1) is 24.6 Å². The van der Waals surface area contributed by atoms with Crippen LogP contribution in [0.4, 0.5) is 18.9 Å². The molecule has 1 aromatic carbocycles. The number of hydrogen-bond donors (Lipinski definition) is 3. The minimum Gasteiger partial charge on any atom is -0.390 e. The second-order valence-corrected chi connectivity index (χ2v) is 9.76. The van der Waals surface area contributed by atoms with Gasteiger partial charge in [0.15, 0.2) is 5.82 Å². The number of alkyl halides is 2. The summed E-state index contributed by atoms with van der Waals surface area (Å²) in [6.07, 6.45) is -0.853. The van der Waals surface area contributed by atoms with Gasteiger partial charge in [-0.25, -0.2) is 18.0 Å². The maximum Gasteiger partial charge on any atom is 0.329 e. The quantitative estimate of drug-likeness (QED) is 0.645. The molecule has 7 nitrogen and oxygen atoms in total. The third kappa shape index (κ3) is 3.58. The molecule has 33 heavy (non-hydrogen) atoms. The number of H-pyrrole nitrogens is 1. The van der Waals surface area contributed by atoms with Gasteiger partial charge in [-0.3, -0.25) is 14.3 Å². The average Bonchev–Trinajstić information content (AvgIpc) is 3.50. The van der Waals surface area contributed by atoms with Gasteiger partial charge in [-0.05, 0) is 38.5 Å². The number of aromatic amines is 1. The summed E-state index contributed by atoms with van der Waals surface area (Å²) in [7, 11) is 0. The van der Waals surface area contributed by atoms with Gasteiger partial charge in [-0.1, -0.05) is 12.8 Å². The molecule has 0 spiro atoms. The van der Waals surface area contributed by atoms with Gasteiger partial charge >= 0.3 is 5.69 Å². The van der Waals surface area contributed by atoms with Gasteiger partial charge in [0.25, 0.3) is 12.0 Å². The zero-order chi connectivity index (χ0) is 23.6. The number of hydrogen-bond acceptors (Lipinski definition) is 5. The van der Waals surface area contributed by atoms with Gasteiger partial charge in [-0.2, -0.15) is 0 Å². The van der Waals surface area contributed by atoms with E-state index in [9.17, 15) is 28.6 Å². The molecule has 1 saturated heterocycles. The molecule has 10 heteroatoms. The first-order valence-electron chi connectivity index (χ1n) is 11.6. The van der Waals surface area contributed by atoms with E-state index in [-0.39, 0.29) is 41.2 Å². The van der Waals surface area contributed by atoms with E-state index in [1.807, 2.05) is 0 Å². The molecule has 0 amide bonds. The van der Waals surface area contributed by atoms with Crippen molar-refractivity contribution < 1.29 is 23.4 Å². The van der Waals surface area contributed by atoms with Crippen LogP contribution in [-0.2, 0) is 0 Å². The second-order valence-electron chi connectivity index (χ2n) is 9.76. The van der Waals surface area contributed by atoms with Crippen LogP contribution in [0.15, 0.2) is 9.59 Å². The molecule has 3 N–H and O–H groups in total. The Bertz CT molecular complexity index is 1210. The molecule has 1 aromatic heterocycles. The van der Waals surface area contributed by atoms with E-state index >= 15 is 4.39 Å². The van der Waals surface area contributed by atoms with Crippen molar-refractivity contribution in [3.8, 4) is 0 Å². The number of aliphatic hydroxyl groups is 2. The Kier molecular flexibility index (Phi) is 5.55. The van der Waals surface area contributed by atoms with E-state index in [1.165, 1.54) is 4.57 Å². The smallest absolute Gasteiger partial charge is 0.329 e. The van der Waals surface area contributed by atoms with Crippen LogP contribution in [0.5, 0.6) is 0 Å². The molecule has 5 rings (SSSR count). The van der Waals surface area contributed by atoms with E-state index in [0.29, 0.717) is 25.8 Å². The molecule has 3 fully saturated rings. The summed E-state index contributed by atoms with van der Waals surface area (Å²) in [5.74, 6) is -1.51. The first-order chi connectivity index (χ1) is 15.7. The molecule has 4 atom stereocenters. The molecule has 2 aromatic rings. The highest BCUT2D eigenvalue weighted by atomic mass is 19.3. The third-order valence-electron chi connectivity index (χ3n) is 7.66. The molecular formula is C23H28F3N3O4. The second kappa shape index (κ2) is 8.16. The van der Waals surface area contributed by atoms with Crippen LogP contribution in [0.2, 0.25) is 0 Å². The lowest BCUT2D eigenvalue weighted by molar-refractivity contribution is -0.0347. The van der Waals surface area contributed by atoms with E-state index < -0.39 is 46.6 Å². The maximum absolute atomic E-state index is 15.7. The number of halogens is 3. The van der Waals surface area contributed by atoms with Gasteiger partial charge in [0, 0.05) is 30.6 Å². The number of benzene rings is 1. The van der Waals surface area contributed by atoms with Crippen molar-refractivity contribution >= 4 is 16.6 Å². The van der Waals surface area contributed by atoms with Crippen LogP contribution < -0.4 is 16.1 Å². The first kappa shape index (κ1) is 22.5. The van der Waals surface area contributed by atoms with Gasteiger partial charge in [0.2, 0.25) is 0 Å². The van der Waals surface area contributed by atoms with Crippen molar-refractivity contribution in [3.05, 3.63) is 37.8 Å². The molecule has 180 valence electrons. The van der Waals surface area contributed by atoms with Crippen LogP contribution >= 0.6 is 0 Å². The lowest BCUT2D eigenvalue weighted by atomic mass is 9.81. The van der Waals surface area contributed by atoms with Crippen LogP contribution in [-0.4, -0.2) is 45.1 Å². The Labute approximate surface area is 187 Å². The number of nitrogens with zero attached hydrogens (tertiary/aromatic N) is 2. The van der Waals surface area contributed by atoms with Crippen molar-refractivity contribution in [2.75, 3.05) is 18.0 Å². The Hall–Kier alpha value is -2.33. The summed E-state index contributed by atoms with van der Waals surface area (Å²) in [5.41, 5.74) is -2.42. The SMILES string of the molecule is Cc1c(N2CC3CCCCC(O)C(O)C3C2)c(F)c(C(F)F)c2c(=O)[nH]c(=O)n(C3CC3)c12. The fraction of sp³-hybridized carbons (Fsp3) is 0.652. The normalized spacial score (nSPS) is 28.3. The largest absolute Gasteiger partial charge is 0.390 e. The molecule has 2 saturated carbocycles. The standard InChI is InChI=1S/C23H28F3N3O4/c1-10-18-16(22(32)27-23(33)29(18)12-6-7-12)15(21(25)26)17(24)19(10)28-8-11-4-2-3-5-14(30)20(31)13(11)9-28/h11-14,20-21,30-31H,2-9H2,1H3,(H,27,32,33). The summed E-state index contributed by atoms with van der Waals surface area (Å²) in [4.78, 5) is 28.9. The fourth-order valence-electron chi connectivity index (χ4n) is 5.93. The van der Waals surface area contributed by atoms with Crippen molar-refractivity contribution in [2.24, 2.45) is 11.8 Å². The minimum absolute atomic E-state index is 0.0238. The van der Waals surface area contributed by atoms with Crippen molar-refractivity contribution in [3.63, 3.8) is 0 Å². The maximum atomic E-state index is 15.7. The first-order valence-corrected chi connectivity index (χ1v) is 11.6. The number of aryl methyl sites for hydroxylation is 1. The lowest BCUT2D eigenvalue weighted by Gasteiger charge is -2.30. The monoisotopic (exact) mass is 467 g/mol. The van der Waals surface area contributed by atoms with E-state index in [1.54, 1.807) is 11.8 Å². The highest BCUT2D eigenvalue weighted by molar-refractivity contribution is 5.90. The molecule has 1 aliphatic heterocycles.